The van der Waals surface area contributed by atoms with E-state index in [1.54, 1.807) is 6.92 Å². The van der Waals surface area contributed by atoms with Gasteiger partial charge < -0.3 is 15.0 Å². The Balaban J connectivity index is 1.22. The summed E-state index contributed by atoms with van der Waals surface area (Å²) < 4.78 is 4.89. The number of nitrogens with one attached hydrogen (secondary N) is 1. The van der Waals surface area contributed by atoms with Gasteiger partial charge in [0.15, 0.2) is 0 Å². The van der Waals surface area contributed by atoms with Gasteiger partial charge >= 0.3 is 6.09 Å². The molecule has 0 radical (unpaired) electrons. The molecule has 26 heavy (non-hydrogen) atoms. The highest BCUT2D eigenvalue weighted by atomic mass is 16.5. The fourth-order valence-corrected chi connectivity index (χ4v) is 4.96. The van der Waals surface area contributed by atoms with Gasteiger partial charge in [0.2, 0.25) is 5.91 Å². The van der Waals surface area contributed by atoms with Gasteiger partial charge in [-0.25, -0.2) is 4.79 Å². The fourth-order valence-electron chi connectivity index (χ4n) is 4.96. The molecule has 0 aromatic heterocycles. The second-order valence-electron chi connectivity index (χ2n) is 8.27. The molecule has 1 unspecified atom stereocenters. The van der Waals surface area contributed by atoms with Crippen LogP contribution in [-0.4, -0.2) is 42.6 Å². The Morgan fingerprint density at radius 2 is 1.96 bits per heavy atom. The highest BCUT2D eigenvalue weighted by Gasteiger charge is 2.51. The highest BCUT2D eigenvalue weighted by molar-refractivity contribution is 5.81. The normalized spacial score (nSPS) is 29.0. The summed E-state index contributed by atoms with van der Waals surface area (Å²) in [5.41, 5.74) is 1.80. The summed E-state index contributed by atoms with van der Waals surface area (Å²) in [6.45, 7) is 4.00. The molecule has 1 atom stereocenters. The van der Waals surface area contributed by atoms with Crippen molar-refractivity contribution in [2.45, 2.75) is 51.0 Å². The lowest BCUT2D eigenvalue weighted by molar-refractivity contribution is -0.151. The number of hydrogen-bond acceptors (Lipinski definition) is 3. The minimum absolute atomic E-state index is 0.0746. The third-order valence-electron chi connectivity index (χ3n) is 6.42. The molecular weight excluding hydrogens is 328 g/mol. The Bertz CT molecular complexity index is 663. The van der Waals surface area contributed by atoms with Crippen molar-refractivity contribution in [2.75, 3.05) is 19.7 Å². The van der Waals surface area contributed by atoms with E-state index >= 15 is 0 Å². The van der Waals surface area contributed by atoms with E-state index in [0.29, 0.717) is 17.9 Å². The summed E-state index contributed by atoms with van der Waals surface area (Å²) in [5.74, 6) is 1.00. The van der Waals surface area contributed by atoms with Gasteiger partial charge in [-0.3, -0.25) is 4.79 Å². The smallest absolute Gasteiger partial charge is 0.407 e. The third kappa shape index (κ3) is 3.31. The summed E-state index contributed by atoms with van der Waals surface area (Å²) in [5, 5.41) is 2.82. The van der Waals surface area contributed by atoms with E-state index in [1.807, 2.05) is 4.90 Å². The third-order valence-corrected chi connectivity index (χ3v) is 6.42. The zero-order chi connectivity index (χ0) is 18.1. The van der Waals surface area contributed by atoms with Crippen molar-refractivity contribution in [3.05, 3.63) is 35.9 Å². The minimum atomic E-state index is -0.371. The first-order valence-electron chi connectivity index (χ1n) is 9.85. The van der Waals surface area contributed by atoms with Crippen LogP contribution in [0.1, 0.15) is 50.5 Å². The molecule has 0 bridgehead atoms. The molecule has 2 amide bonds. The van der Waals surface area contributed by atoms with Crippen LogP contribution >= 0.6 is 0 Å². The Labute approximate surface area is 155 Å². The van der Waals surface area contributed by atoms with Gasteiger partial charge in [0, 0.05) is 30.5 Å². The number of carbonyl (C=O) groups is 2. The van der Waals surface area contributed by atoms with Crippen molar-refractivity contribution in [3.63, 3.8) is 0 Å². The molecule has 140 valence electrons. The summed E-state index contributed by atoms with van der Waals surface area (Å²) in [6.07, 6.45) is 4.79. The molecule has 1 spiro atoms. The molecule has 1 aliphatic heterocycles. The number of carbonyl (C=O) groups excluding carboxylic acids is 2. The topological polar surface area (TPSA) is 58.6 Å². The van der Waals surface area contributed by atoms with E-state index in [9.17, 15) is 9.59 Å². The van der Waals surface area contributed by atoms with Crippen LogP contribution in [0.15, 0.2) is 30.3 Å². The molecule has 1 saturated heterocycles. The number of ether oxygens (including phenoxy) is 1. The van der Waals surface area contributed by atoms with Gasteiger partial charge in [0.25, 0.3) is 0 Å². The lowest BCUT2D eigenvalue weighted by atomic mass is 9.73. The zero-order valence-corrected chi connectivity index (χ0v) is 15.4. The molecule has 5 nitrogen and oxygen atoms in total. The van der Waals surface area contributed by atoms with Gasteiger partial charge in [-0.15, -0.1) is 0 Å². The maximum absolute atomic E-state index is 12.6. The average Bonchev–Trinajstić information content (AvgIpc) is 3.03. The van der Waals surface area contributed by atoms with Crippen LogP contribution in [0.3, 0.4) is 0 Å². The van der Waals surface area contributed by atoms with Gasteiger partial charge in [0.1, 0.15) is 0 Å². The Morgan fingerprint density at radius 3 is 2.65 bits per heavy atom. The molecule has 1 aromatic rings. The second kappa shape index (κ2) is 6.93. The van der Waals surface area contributed by atoms with Crippen LogP contribution in [0, 0.1) is 11.3 Å². The summed E-state index contributed by atoms with van der Waals surface area (Å²) >= 11 is 0. The molecule has 5 heteroatoms. The predicted molar refractivity (Wildman–Crippen MR) is 98.7 cm³/mol. The number of benzene rings is 1. The summed E-state index contributed by atoms with van der Waals surface area (Å²) in [6, 6.07) is 10.9. The van der Waals surface area contributed by atoms with Crippen LogP contribution in [0.5, 0.6) is 0 Å². The molecular formula is C21H28N2O3. The van der Waals surface area contributed by atoms with E-state index < -0.39 is 0 Å². The van der Waals surface area contributed by atoms with Gasteiger partial charge in [-0.05, 0) is 50.5 Å². The van der Waals surface area contributed by atoms with Gasteiger partial charge in [-0.1, -0.05) is 30.3 Å². The number of likely N-dealkylation sites (tertiary alicyclic amines) is 1. The summed E-state index contributed by atoms with van der Waals surface area (Å²) in [7, 11) is 0. The van der Waals surface area contributed by atoms with Gasteiger partial charge in [0.05, 0.1) is 6.61 Å². The van der Waals surface area contributed by atoms with Crippen molar-refractivity contribution in [3.8, 4) is 0 Å². The SMILES string of the molecule is CCOC(=O)N[C@H]1C[C@@H](C(=O)N2CC3(CCC(c4ccccc4)C3)C2)C1. The maximum atomic E-state index is 12.6. The number of amides is 2. The van der Waals surface area contributed by atoms with Crippen LogP contribution in [0.2, 0.25) is 0 Å². The second-order valence-corrected chi connectivity index (χ2v) is 8.27. The lowest BCUT2D eigenvalue weighted by Gasteiger charge is -2.51. The van der Waals surface area contributed by atoms with Crippen molar-refractivity contribution in [1.82, 2.24) is 10.2 Å². The maximum Gasteiger partial charge on any atom is 0.407 e. The first-order valence-corrected chi connectivity index (χ1v) is 9.85. The first kappa shape index (κ1) is 17.4. The highest BCUT2D eigenvalue weighted by Crippen LogP contribution is 2.52. The number of rotatable bonds is 4. The van der Waals surface area contributed by atoms with Crippen molar-refractivity contribution in [2.24, 2.45) is 11.3 Å². The first-order chi connectivity index (χ1) is 12.6. The largest absolute Gasteiger partial charge is 0.450 e. The van der Waals surface area contributed by atoms with Crippen LogP contribution < -0.4 is 5.32 Å². The van der Waals surface area contributed by atoms with E-state index in [4.69, 9.17) is 4.74 Å². The number of alkyl carbamates (subject to hydrolysis) is 1. The van der Waals surface area contributed by atoms with Crippen LogP contribution in [-0.2, 0) is 9.53 Å². The monoisotopic (exact) mass is 356 g/mol. The molecule has 1 aromatic carbocycles. The Kier molecular flexibility index (Phi) is 4.63. The Hall–Kier alpha value is -2.04. The minimum Gasteiger partial charge on any atom is -0.450 e. The van der Waals surface area contributed by atoms with E-state index in [-0.39, 0.29) is 24.0 Å². The molecule has 3 aliphatic rings. The molecule has 2 saturated carbocycles. The quantitative estimate of drug-likeness (QED) is 0.900. The van der Waals surface area contributed by atoms with Gasteiger partial charge in [-0.2, -0.15) is 0 Å². The average molecular weight is 356 g/mol. The Morgan fingerprint density at radius 1 is 1.23 bits per heavy atom. The standard InChI is InChI=1S/C21H28N2O3/c1-2-26-20(25)22-18-10-17(11-18)19(24)23-13-21(14-23)9-8-16(12-21)15-6-4-3-5-7-15/h3-7,16-18H,2,8-14H2,1H3,(H,22,25)/t16?,17-,18+. The lowest BCUT2D eigenvalue weighted by Crippen LogP contribution is -2.61. The molecule has 1 heterocycles. The predicted octanol–water partition coefficient (Wildman–Crippen LogP) is 3.31. The van der Waals surface area contributed by atoms with Crippen LogP contribution in [0.25, 0.3) is 0 Å². The fraction of sp³-hybridized carbons (Fsp3) is 0.619. The van der Waals surface area contributed by atoms with E-state index in [2.05, 4.69) is 35.6 Å². The molecule has 2 aliphatic carbocycles. The number of hydrogen-bond donors (Lipinski definition) is 1. The molecule has 3 fully saturated rings. The van der Waals surface area contributed by atoms with E-state index in [1.165, 1.54) is 24.8 Å². The summed E-state index contributed by atoms with van der Waals surface area (Å²) in [4.78, 5) is 26.1. The van der Waals surface area contributed by atoms with Crippen molar-refractivity contribution >= 4 is 12.0 Å². The molecule has 1 N–H and O–H groups in total. The number of nitrogens with zero attached hydrogens (tertiary/aromatic N) is 1. The van der Waals surface area contributed by atoms with E-state index in [0.717, 1.165) is 25.9 Å². The van der Waals surface area contributed by atoms with Crippen LogP contribution in [0.4, 0.5) is 4.79 Å². The molecule has 4 rings (SSSR count). The van der Waals surface area contributed by atoms with Crippen molar-refractivity contribution < 1.29 is 14.3 Å². The zero-order valence-electron chi connectivity index (χ0n) is 15.4. The van der Waals surface area contributed by atoms with Crippen molar-refractivity contribution in [1.29, 1.82) is 0 Å².